The molecular weight excluding hydrogens is 256 g/mol. The zero-order valence-electron chi connectivity index (χ0n) is 12.3. The number of hydrogen-bond donors (Lipinski definition) is 1. The summed E-state index contributed by atoms with van der Waals surface area (Å²) in [5.41, 5.74) is 11.2. The summed E-state index contributed by atoms with van der Waals surface area (Å²) in [7, 11) is 0. The van der Waals surface area contributed by atoms with Gasteiger partial charge in [-0.3, -0.25) is 4.98 Å². The standard InChI is InChI=1S/C19H20N2/c1-2-6-14-7-3-8-15(13-14)19(20)17-9-4-11-18-16(17)10-5-12-21-18/h3-5,7-13,19H,2,6,20H2,1H3. The molecular formula is C19H20N2. The van der Waals surface area contributed by atoms with Gasteiger partial charge in [-0.1, -0.05) is 55.8 Å². The van der Waals surface area contributed by atoms with E-state index in [1.165, 1.54) is 5.56 Å². The van der Waals surface area contributed by atoms with Crippen LogP contribution in [-0.4, -0.2) is 4.98 Å². The molecule has 21 heavy (non-hydrogen) atoms. The van der Waals surface area contributed by atoms with Crippen LogP contribution in [0.2, 0.25) is 0 Å². The zero-order valence-corrected chi connectivity index (χ0v) is 12.3. The molecule has 2 heteroatoms. The van der Waals surface area contributed by atoms with Crippen LogP contribution in [-0.2, 0) is 6.42 Å². The van der Waals surface area contributed by atoms with Crippen molar-refractivity contribution >= 4 is 10.9 Å². The summed E-state index contributed by atoms with van der Waals surface area (Å²) < 4.78 is 0. The van der Waals surface area contributed by atoms with Gasteiger partial charge in [0.1, 0.15) is 0 Å². The largest absolute Gasteiger partial charge is 0.320 e. The van der Waals surface area contributed by atoms with Gasteiger partial charge in [0.05, 0.1) is 11.6 Å². The molecule has 0 aliphatic rings. The van der Waals surface area contributed by atoms with Crippen LogP contribution in [0.15, 0.2) is 60.8 Å². The highest BCUT2D eigenvalue weighted by atomic mass is 14.7. The monoisotopic (exact) mass is 276 g/mol. The van der Waals surface area contributed by atoms with Gasteiger partial charge < -0.3 is 5.73 Å². The molecule has 0 fully saturated rings. The lowest BCUT2D eigenvalue weighted by Crippen LogP contribution is -2.12. The summed E-state index contributed by atoms with van der Waals surface area (Å²) >= 11 is 0. The van der Waals surface area contributed by atoms with Crippen molar-refractivity contribution in [3.05, 3.63) is 77.5 Å². The zero-order chi connectivity index (χ0) is 14.7. The third-order valence-electron chi connectivity index (χ3n) is 3.86. The number of aromatic nitrogens is 1. The molecule has 0 saturated carbocycles. The van der Waals surface area contributed by atoms with E-state index in [-0.39, 0.29) is 6.04 Å². The fourth-order valence-electron chi connectivity index (χ4n) is 2.81. The molecule has 1 unspecified atom stereocenters. The van der Waals surface area contributed by atoms with E-state index in [4.69, 9.17) is 5.73 Å². The molecule has 1 atom stereocenters. The maximum absolute atomic E-state index is 6.52. The molecule has 0 aliphatic heterocycles. The summed E-state index contributed by atoms with van der Waals surface area (Å²) in [5, 5.41) is 1.13. The summed E-state index contributed by atoms with van der Waals surface area (Å²) in [5.74, 6) is 0. The first kappa shape index (κ1) is 13.8. The fraction of sp³-hybridized carbons (Fsp3) is 0.211. The van der Waals surface area contributed by atoms with Crippen LogP contribution in [0.5, 0.6) is 0 Å². The normalized spacial score (nSPS) is 12.5. The van der Waals surface area contributed by atoms with Gasteiger partial charge in [0.25, 0.3) is 0 Å². The highest BCUT2D eigenvalue weighted by Crippen LogP contribution is 2.27. The quantitative estimate of drug-likeness (QED) is 0.774. The molecule has 0 amide bonds. The van der Waals surface area contributed by atoms with Gasteiger partial charge in [-0.05, 0) is 35.2 Å². The van der Waals surface area contributed by atoms with Gasteiger partial charge >= 0.3 is 0 Å². The van der Waals surface area contributed by atoms with Crippen molar-refractivity contribution < 1.29 is 0 Å². The van der Waals surface area contributed by atoms with Crippen LogP contribution in [0, 0.1) is 0 Å². The van der Waals surface area contributed by atoms with Crippen LogP contribution in [0.3, 0.4) is 0 Å². The van der Waals surface area contributed by atoms with E-state index in [9.17, 15) is 0 Å². The number of pyridine rings is 1. The Hall–Kier alpha value is -2.19. The minimum Gasteiger partial charge on any atom is -0.320 e. The lowest BCUT2D eigenvalue weighted by atomic mass is 9.94. The SMILES string of the molecule is CCCc1cccc(C(N)c2cccc3ncccc23)c1. The van der Waals surface area contributed by atoms with Crippen molar-refractivity contribution in [2.24, 2.45) is 5.73 Å². The fourth-order valence-corrected chi connectivity index (χ4v) is 2.81. The van der Waals surface area contributed by atoms with Gasteiger partial charge in [-0.25, -0.2) is 0 Å². The average Bonchev–Trinajstić information content (AvgIpc) is 2.54. The second-order valence-electron chi connectivity index (χ2n) is 5.39. The third kappa shape index (κ3) is 2.81. The second-order valence-corrected chi connectivity index (χ2v) is 5.39. The summed E-state index contributed by atoms with van der Waals surface area (Å²) in [4.78, 5) is 4.41. The molecule has 0 spiro atoms. The topological polar surface area (TPSA) is 38.9 Å². The van der Waals surface area contributed by atoms with Gasteiger partial charge in [0, 0.05) is 11.6 Å². The van der Waals surface area contributed by atoms with E-state index in [0.29, 0.717) is 0 Å². The smallest absolute Gasteiger partial charge is 0.0705 e. The van der Waals surface area contributed by atoms with Crippen LogP contribution in [0.25, 0.3) is 10.9 Å². The molecule has 0 bridgehead atoms. The molecule has 0 radical (unpaired) electrons. The van der Waals surface area contributed by atoms with E-state index >= 15 is 0 Å². The molecule has 0 saturated heterocycles. The van der Waals surface area contributed by atoms with E-state index in [1.807, 2.05) is 24.4 Å². The molecule has 106 valence electrons. The molecule has 1 aromatic heterocycles. The number of hydrogen-bond acceptors (Lipinski definition) is 2. The van der Waals surface area contributed by atoms with Crippen LogP contribution in [0.1, 0.15) is 36.1 Å². The van der Waals surface area contributed by atoms with Crippen molar-refractivity contribution in [3.8, 4) is 0 Å². The molecule has 3 rings (SSSR count). The predicted molar refractivity (Wildman–Crippen MR) is 88.2 cm³/mol. The van der Waals surface area contributed by atoms with Crippen LogP contribution >= 0.6 is 0 Å². The molecule has 2 nitrogen and oxygen atoms in total. The summed E-state index contributed by atoms with van der Waals surface area (Å²) in [6, 6.07) is 18.7. The van der Waals surface area contributed by atoms with E-state index in [2.05, 4.69) is 48.3 Å². The Morgan fingerprint density at radius 1 is 1.05 bits per heavy atom. The van der Waals surface area contributed by atoms with E-state index < -0.39 is 0 Å². The van der Waals surface area contributed by atoms with E-state index in [1.54, 1.807) is 0 Å². The lowest BCUT2D eigenvalue weighted by Gasteiger charge is -2.16. The van der Waals surface area contributed by atoms with Gasteiger partial charge in [-0.15, -0.1) is 0 Å². The van der Waals surface area contributed by atoms with Crippen molar-refractivity contribution in [2.45, 2.75) is 25.8 Å². The summed E-state index contributed by atoms with van der Waals surface area (Å²) in [6.07, 6.45) is 4.06. The Labute approximate surface area is 125 Å². The molecule has 2 aromatic carbocycles. The van der Waals surface area contributed by atoms with Crippen molar-refractivity contribution in [3.63, 3.8) is 0 Å². The Kier molecular flexibility index (Phi) is 3.98. The molecule has 0 aliphatic carbocycles. The van der Waals surface area contributed by atoms with Gasteiger partial charge in [0.15, 0.2) is 0 Å². The number of aryl methyl sites for hydroxylation is 1. The highest BCUT2D eigenvalue weighted by Gasteiger charge is 2.12. The van der Waals surface area contributed by atoms with E-state index in [0.717, 1.165) is 34.9 Å². The third-order valence-corrected chi connectivity index (χ3v) is 3.86. The number of rotatable bonds is 4. The first-order valence-electron chi connectivity index (χ1n) is 7.47. The maximum Gasteiger partial charge on any atom is 0.0705 e. The minimum absolute atomic E-state index is 0.116. The maximum atomic E-state index is 6.52. The van der Waals surface area contributed by atoms with Crippen molar-refractivity contribution in [1.29, 1.82) is 0 Å². The van der Waals surface area contributed by atoms with Gasteiger partial charge in [0.2, 0.25) is 0 Å². The summed E-state index contributed by atoms with van der Waals surface area (Å²) in [6.45, 7) is 2.20. The Balaban J connectivity index is 2.04. The van der Waals surface area contributed by atoms with Crippen molar-refractivity contribution in [2.75, 3.05) is 0 Å². The van der Waals surface area contributed by atoms with Crippen LogP contribution in [0.4, 0.5) is 0 Å². The predicted octanol–water partition coefficient (Wildman–Crippen LogP) is 4.24. The number of fused-ring (bicyclic) bond motifs is 1. The Bertz CT molecular complexity index is 744. The Morgan fingerprint density at radius 2 is 1.90 bits per heavy atom. The first-order chi connectivity index (χ1) is 10.3. The molecule has 2 N–H and O–H groups in total. The Morgan fingerprint density at radius 3 is 2.76 bits per heavy atom. The van der Waals surface area contributed by atoms with Crippen LogP contribution < -0.4 is 5.73 Å². The second kappa shape index (κ2) is 6.06. The highest BCUT2D eigenvalue weighted by molar-refractivity contribution is 5.82. The lowest BCUT2D eigenvalue weighted by molar-refractivity contribution is 0.865. The molecule has 3 aromatic rings. The first-order valence-corrected chi connectivity index (χ1v) is 7.47. The number of nitrogens with two attached hydrogens (primary N) is 1. The number of nitrogens with zero attached hydrogens (tertiary/aromatic N) is 1. The molecule has 1 heterocycles. The van der Waals surface area contributed by atoms with Gasteiger partial charge in [-0.2, -0.15) is 0 Å². The van der Waals surface area contributed by atoms with Crippen molar-refractivity contribution in [1.82, 2.24) is 4.98 Å². The number of benzene rings is 2. The minimum atomic E-state index is -0.116. The average molecular weight is 276 g/mol.